The number of benzene rings is 2. The van der Waals surface area contributed by atoms with E-state index in [4.69, 9.17) is 4.74 Å². The summed E-state index contributed by atoms with van der Waals surface area (Å²) in [7, 11) is 0. The number of hydrogen-bond acceptors (Lipinski definition) is 3. The molecule has 0 spiro atoms. The van der Waals surface area contributed by atoms with Crippen LogP contribution in [-0.2, 0) is 11.2 Å². The van der Waals surface area contributed by atoms with Crippen LogP contribution >= 0.6 is 0 Å². The molecule has 23 heavy (non-hydrogen) atoms. The first-order chi connectivity index (χ1) is 11.2. The second-order valence-electron chi connectivity index (χ2n) is 5.20. The third-order valence-corrected chi connectivity index (χ3v) is 3.50. The zero-order valence-electron chi connectivity index (χ0n) is 13.8. The van der Waals surface area contributed by atoms with Crippen LogP contribution in [0.2, 0.25) is 0 Å². The average Bonchev–Trinajstić information content (AvgIpc) is 2.57. The lowest BCUT2D eigenvalue weighted by atomic mass is 10.1. The zero-order chi connectivity index (χ0) is 16.5. The molecule has 0 radical (unpaired) electrons. The maximum absolute atomic E-state index is 12.0. The fourth-order valence-corrected chi connectivity index (χ4v) is 2.25. The Bertz CT molecular complexity index is 624. The van der Waals surface area contributed by atoms with Gasteiger partial charge in [-0.3, -0.25) is 4.79 Å². The minimum atomic E-state index is -0.00404. The molecule has 0 aliphatic heterocycles. The Hall–Kier alpha value is -2.49. The van der Waals surface area contributed by atoms with Crippen molar-refractivity contribution in [1.29, 1.82) is 0 Å². The van der Waals surface area contributed by atoms with Crippen LogP contribution in [0.5, 0.6) is 5.75 Å². The first kappa shape index (κ1) is 16.9. The molecule has 4 nitrogen and oxygen atoms in total. The van der Waals surface area contributed by atoms with Crippen LogP contribution in [0.3, 0.4) is 0 Å². The van der Waals surface area contributed by atoms with Gasteiger partial charge in [0.1, 0.15) is 5.75 Å². The molecule has 0 heterocycles. The number of hydrogen-bond donors (Lipinski definition) is 2. The fourth-order valence-electron chi connectivity index (χ4n) is 2.25. The first-order valence-corrected chi connectivity index (χ1v) is 8.07. The molecule has 0 unspecified atom stereocenters. The van der Waals surface area contributed by atoms with E-state index in [9.17, 15) is 4.79 Å². The third kappa shape index (κ3) is 5.33. The highest BCUT2D eigenvalue weighted by Gasteiger charge is 2.05. The summed E-state index contributed by atoms with van der Waals surface area (Å²) < 4.78 is 5.55. The second-order valence-corrected chi connectivity index (χ2v) is 5.20. The van der Waals surface area contributed by atoms with E-state index < -0.39 is 0 Å². The van der Waals surface area contributed by atoms with Gasteiger partial charge in [-0.15, -0.1) is 0 Å². The van der Waals surface area contributed by atoms with Gasteiger partial charge in [0.2, 0.25) is 5.91 Å². The number of nitrogens with one attached hydrogen (secondary N) is 2. The van der Waals surface area contributed by atoms with Crippen molar-refractivity contribution in [2.45, 2.75) is 26.7 Å². The number of aryl methyl sites for hydroxylation is 1. The van der Waals surface area contributed by atoms with Crippen LogP contribution in [0.1, 0.15) is 25.8 Å². The van der Waals surface area contributed by atoms with E-state index in [1.54, 1.807) is 0 Å². The third-order valence-electron chi connectivity index (χ3n) is 3.50. The number of para-hydroxylation sites is 2. The Kier molecular flexibility index (Phi) is 6.48. The van der Waals surface area contributed by atoms with Crippen molar-refractivity contribution in [3.8, 4) is 5.75 Å². The van der Waals surface area contributed by atoms with E-state index >= 15 is 0 Å². The summed E-state index contributed by atoms with van der Waals surface area (Å²) in [5.41, 5.74) is 3.01. The molecule has 0 aliphatic carbocycles. The molecule has 0 fully saturated rings. The van der Waals surface area contributed by atoms with Crippen LogP contribution in [0, 0.1) is 0 Å². The van der Waals surface area contributed by atoms with Crippen molar-refractivity contribution < 1.29 is 9.53 Å². The SMILES string of the molecule is CCOc1ccccc1NCCC(=O)Nc1ccc(CC)cc1. The molecule has 0 aromatic heterocycles. The van der Waals surface area contributed by atoms with Gasteiger partial charge >= 0.3 is 0 Å². The average molecular weight is 312 g/mol. The molecular weight excluding hydrogens is 288 g/mol. The highest BCUT2D eigenvalue weighted by Crippen LogP contribution is 2.23. The highest BCUT2D eigenvalue weighted by atomic mass is 16.5. The zero-order valence-corrected chi connectivity index (χ0v) is 13.8. The quantitative estimate of drug-likeness (QED) is 0.772. The molecule has 0 aliphatic rings. The van der Waals surface area contributed by atoms with E-state index in [1.807, 2.05) is 55.5 Å². The number of carbonyl (C=O) groups excluding carboxylic acids is 1. The van der Waals surface area contributed by atoms with Gasteiger partial charge in [-0.05, 0) is 43.2 Å². The molecule has 0 saturated carbocycles. The minimum Gasteiger partial charge on any atom is -0.492 e. The molecular formula is C19H24N2O2. The smallest absolute Gasteiger partial charge is 0.226 e. The Morgan fingerprint density at radius 2 is 1.78 bits per heavy atom. The van der Waals surface area contributed by atoms with Gasteiger partial charge in [-0.25, -0.2) is 0 Å². The van der Waals surface area contributed by atoms with Crippen molar-refractivity contribution in [3.63, 3.8) is 0 Å². The predicted octanol–water partition coefficient (Wildman–Crippen LogP) is 4.09. The molecule has 2 aromatic rings. The Labute approximate surface area is 137 Å². The minimum absolute atomic E-state index is 0.00404. The van der Waals surface area contributed by atoms with Gasteiger partial charge in [0.15, 0.2) is 0 Å². The lowest BCUT2D eigenvalue weighted by molar-refractivity contribution is -0.115. The summed E-state index contributed by atoms with van der Waals surface area (Å²) in [6.07, 6.45) is 1.40. The van der Waals surface area contributed by atoms with Crippen molar-refractivity contribution in [1.82, 2.24) is 0 Å². The van der Waals surface area contributed by atoms with Gasteiger partial charge in [-0.2, -0.15) is 0 Å². The van der Waals surface area contributed by atoms with Crippen LogP contribution in [0.15, 0.2) is 48.5 Å². The summed E-state index contributed by atoms with van der Waals surface area (Å²) in [6.45, 7) is 5.24. The van der Waals surface area contributed by atoms with Gasteiger partial charge in [-0.1, -0.05) is 31.2 Å². The van der Waals surface area contributed by atoms with E-state index in [-0.39, 0.29) is 5.91 Å². The summed E-state index contributed by atoms with van der Waals surface area (Å²) in [4.78, 5) is 12.0. The van der Waals surface area contributed by atoms with Crippen molar-refractivity contribution >= 4 is 17.3 Å². The molecule has 2 N–H and O–H groups in total. The number of anilines is 2. The van der Waals surface area contributed by atoms with Gasteiger partial charge < -0.3 is 15.4 Å². The topological polar surface area (TPSA) is 50.4 Å². The summed E-state index contributed by atoms with van der Waals surface area (Å²) in [5.74, 6) is 0.807. The largest absolute Gasteiger partial charge is 0.492 e. The maximum atomic E-state index is 12.0. The summed E-state index contributed by atoms with van der Waals surface area (Å²) in [6, 6.07) is 15.7. The number of ether oxygens (including phenoxy) is 1. The van der Waals surface area contributed by atoms with Crippen LogP contribution < -0.4 is 15.4 Å². The van der Waals surface area contributed by atoms with Crippen LogP contribution in [0.4, 0.5) is 11.4 Å². The molecule has 0 saturated heterocycles. The monoisotopic (exact) mass is 312 g/mol. The lowest BCUT2D eigenvalue weighted by Crippen LogP contribution is -2.16. The van der Waals surface area contributed by atoms with Crippen LogP contribution in [0.25, 0.3) is 0 Å². The molecule has 2 aromatic carbocycles. The molecule has 1 amide bonds. The molecule has 0 bridgehead atoms. The first-order valence-electron chi connectivity index (χ1n) is 8.07. The number of amides is 1. The fraction of sp³-hybridized carbons (Fsp3) is 0.316. The highest BCUT2D eigenvalue weighted by molar-refractivity contribution is 5.91. The van der Waals surface area contributed by atoms with Crippen molar-refractivity contribution in [2.75, 3.05) is 23.8 Å². The van der Waals surface area contributed by atoms with E-state index in [0.29, 0.717) is 19.6 Å². The van der Waals surface area contributed by atoms with Crippen molar-refractivity contribution in [3.05, 3.63) is 54.1 Å². The van der Waals surface area contributed by atoms with E-state index in [1.165, 1.54) is 5.56 Å². The lowest BCUT2D eigenvalue weighted by Gasteiger charge is -2.12. The van der Waals surface area contributed by atoms with Crippen LogP contribution in [-0.4, -0.2) is 19.1 Å². The maximum Gasteiger partial charge on any atom is 0.226 e. The summed E-state index contributed by atoms with van der Waals surface area (Å²) >= 11 is 0. The molecule has 2 rings (SSSR count). The van der Waals surface area contributed by atoms with E-state index in [0.717, 1.165) is 23.5 Å². The van der Waals surface area contributed by atoms with Gasteiger partial charge in [0, 0.05) is 18.7 Å². The summed E-state index contributed by atoms with van der Waals surface area (Å²) in [5, 5.41) is 6.16. The number of rotatable bonds is 8. The normalized spacial score (nSPS) is 10.2. The van der Waals surface area contributed by atoms with Crippen molar-refractivity contribution in [2.24, 2.45) is 0 Å². The second kappa shape index (κ2) is 8.83. The Balaban J connectivity index is 1.80. The molecule has 122 valence electrons. The van der Waals surface area contributed by atoms with E-state index in [2.05, 4.69) is 17.6 Å². The van der Waals surface area contributed by atoms with Gasteiger partial charge in [0.25, 0.3) is 0 Å². The number of carbonyl (C=O) groups is 1. The standard InChI is InChI=1S/C19H24N2O2/c1-3-15-9-11-16(12-10-15)21-19(22)13-14-20-17-7-5-6-8-18(17)23-4-2/h5-12,20H,3-4,13-14H2,1-2H3,(H,21,22). The van der Waals surface area contributed by atoms with Gasteiger partial charge in [0.05, 0.1) is 12.3 Å². The Morgan fingerprint density at radius 3 is 2.48 bits per heavy atom. The Morgan fingerprint density at radius 1 is 1.04 bits per heavy atom. The predicted molar refractivity (Wildman–Crippen MR) is 95.2 cm³/mol. The molecule has 0 atom stereocenters. The molecule has 4 heteroatoms.